The minimum Gasteiger partial charge on any atom is -0.508 e. The van der Waals surface area contributed by atoms with Crippen molar-refractivity contribution in [1.82, 2.24) is 0 Å². The molecule has 0 aliphatic carbocycles. The molecule has 0 saturated heterocycles. The quantitative estimate of drug-likeness (QED) is 0.889. The molecule has 0 saturated carbocycles. The van der Waals surface area contributed by atoms with Crippen molar-refractivity contribution in [1.29, 1.82) is 0 Å². The second kappa shape index (κ2) is 5.17. The van der Waals surface area contributed by atoms with Crippen LogP contribution in [0.1, 0.15) is 17.2 Å². The van der Waals surface area contributed by atoms with Crippen molar-refractivity contribution >= 4 is 28.9 Å². The van der Waals surface area contributed by atoms with Crippen LogP contribution < -0.4 is 10.6 Å². The second-order valence-corrected chi connectivity index (χ2v) is 5.63. The second-order valence-electron chi connectivity index (χ2n) is 4.82. The van der Waals surface area contributed by atoms with Crippen LogP contribution in [0.15, 0.2) is 36.4 Å². The van der Waals surface area contributed by atoms with Crippen LogP contribution in [0.25, 0.3) is 0 Å². The maximum Gasteiger partial charge on any atom is 0.115 e. The summed E-state index contributed by atoms with van der Waals surface area (Å²) < 4.78 is 0. The van der Waals surface area contributed by atoms with Gasteiger partial charge in [0.15, 0.2) is 0 Å². The number of benzene rings is 2. The number of anilines is 1. The maximum absolute atomic E-state index is 9.40. The van der Waals surface area contributed by atoms with Gasteiger partial charge in [-0.3, -0.25) is 0 Å². The smallest absolute Gasteiger partial charge is 0.115 e. The van der Waals surface area contributed by atoms with Crippen LogP contribution in [0.4, 0.5) is 5.69 Å². The molecule has 0 spiro atoms. The number of hydrogen-bond acceptors (Lipinski definition) is 3. The highest BCUT2D eigenvalue weighted by molar-refractivity contribution is 6.34. The van der Waals surface area contributed by atoms with Crippen molar-refractivity contribution in [2.75, 3.05) is 11.4 Å². The number of fused-ring (bicyclic) bond motifs is 1. The first kappa shape index (κ1) is 13.6. The van der Waals surface area contributed by atoms with Gasteiger partial charge in [-0.15, -0.1) is 0 Å². The molecule has 1 atom stereocenters. The standard InChI is InChI=1S/C15H14Cl2N2O/c16-12-5-6-13(17)15-11(12)8-19(14(15)7-18)9-1-3-10(20)4-2-9/h1-6,14,20H,7-8,18H2. The third-order valence-corrected chi connectivity index (χ3v) is 4.37. The third kappa shape index (κ3) is 2.12. The van der Waals surface area contributed by atoms with Gasteiger partial charge >= 0.3 is 0 Å². The normalized spacial score (nSPS) is 17.4. The molecule has 104 valence electrons. The lowest BCUT2D eigenvalue weighted by Gasteiger charge is -2.26. The monoisotopic (exact) mass is 308 g/mol. The Morgan fingerprint density at radius 1 is 1.10 bits per heavy atom. The minimum atomic E-state index is 0.000688. The largest absolute Gasteiger partial charge is 0.508 e. The summed E-state index contributed by atoms with van der Waals surface area (Å²) in [5, 5.41) is 10.8. The number of phenols is 1. The van der Waals surface area contributed by atoms with Gasteiger partial charge in [0.25, 0.3) is 0 Å². The summed E-state index contributed by atoms with van der Waals surface area (Å²) in [6.07, 6.45) is 0. The zero-order chi connectivity index (χ0) is 14.3. The SMILES string of the molecule is NCC1c2c(Cl)ccc(Cl)c2CN1c1ccc(O)cc1. The molecule has 0 aromatic heterocycles. The van der Waals surface area contributed by atoms with Crippen molar-refractivity contribution in [3.8, 4) is 5.75 Å². The van der Waals surface area contributed by atoms with E-state index >= 15 is 0 Å². The number of hydrogen-bond donors (Lipinski definition) is 2. The lowest BCUT2D eigenvalue weighted by molar-refractivity contribution is 0.475. The van der Waals surface area contributed by atoms with Crippen molar-refractivity contribution in [2.24, 2.45) is 5.73 Å². The third-order valence-electron chi connectivity index (χ3n) is 3.69. The predicted molar refractivity (Wildman–Crippen MR) is 82.5 cm³/mol. The zero-order valence-corrected chi connectivity index (χ0v) is 12.2. The number of halogens is 2. The van der Waals surface area contributed by atoms with Crippen LogP contribution in [-0.2, 0) is 6.54 Å². The molecule has 0 radical (unpaired) electrons. The summed E-state index contributed by atoms with van der Waals surface area (Å²) in [7, 11) is 0. The number of nitrogens with zero attached hydrogens (tertiary/aromatic N) is 1. The van der Waals surface area contributed by atoms with Crippen molar-refractivity contribution in [2.45, 2.75) is 12.6 Å². The van der Waals surface area contributed by atoms with Crippen LogP contribution in [0.2, 0.25) is 10.0 Å². The highest BCUT2D eigenvalue weighted by Gasteiger charge is 2.32. The van der Waals surface area contributed by atoms with Gasteiger partial charge in [-0.25, -0.2) is 0 Å². The zero-order valence-electron chi connectivity index (χ0n) is 10.7. The molecule has 3 nitrogen and oxygen atoms in total. The molecule has 5 heteroatoms. The molecule has 1 unspecified atom stereocenters. The average Bonchev–Trinajstić information content (AvgIpc) is 2.84. The lowest BCUT2D eigenvalue weighted by Crippen LogP contribution is -2.27. The van der Waals surface area contributed by atoms with E-state index in [2.05, 4.69) is 4.90 Å². The van der Waals surface area contributed by atoms with Crippen LogP contribution in [0.3, 0.4) is 0 Å². The van der Waals surface area contributed by atoms with Gasteiger partial charge in [-0.05, 0) is 42.0 Å². The summed E-state index contributed by atoms with van der Waals surface area (Å²) in [5.74, 6) is 0.242. The summed E-state index contributed by atoms with van der Waals surface area (Å²) in [4.78, 5) is 2.15. The Kier molecular flexibility index (Phi) is 3.50. The Labute approximate surface area is 127 Å². The van der Waals surface area contributed by atoms with Crippen LogP contribution in [-0.4, -0.2) is 11.7 Å². The van der Waals surface area contributed by atoms with Crippen molar-refractivity contribution in [3.05, 3.63) is 57.6 Å². The number of phenolic OH excluding ortho intramolecular Hbond substituents is 1. The molecule has 1 aliphatic rings. The van der Waals surface area contributed by atoms with E-state index in [9.17, 15) is 5.11 Å². The highest BCUT2D eigenvalue weighted by atomic mass is 35.5. The molecular formula is C15H14Cl2N2O. The maximum atomic E-state index is 9.40. The number of rotatable bonds is 2. The van der Waals surface area contributed by atoms with Crippen molar-refractivity contribution < 1.29 is 5.11 Å². The Hall–Kier alpha value is -1.42. The first-order valence-corrected chi connectivity index (χ1v) is 7.10. The molecule has 0 bridgehead atoms. The molecule has 0 fully saturated rings. The van der Waals surface area contributed by atoms with Crippen LogP contribution in [0.5, 0.6) is 5.75 Å². The first-order chi connectivity index (χ1) is 9.61. The summed E-state index contributed by atoms with van der Waals surface area (Å²) >= 11 is 12.6. The van der Waals surface area contributed by atoms with E-state index in [1.54, 1.807) is 12.1 Å². The molecule has 1 heterocycles. The average molecular weight is 309 g/mol. The molecule has 1 aliphatic heterocycles. The van der Waals surface area contributed by atoms with Gasteiger partial charge < -0.3 is 15.7 Å². The minimum absolute atomic E-state index is 0.000688. The summed E-state index contributed by atoms with van der Waals surface area (Å²) in [6, 6.07) is 10.7. The van der Waals surface area contributed by atoms with Gasteiger partial charge in [0.1, 0.15) is 5.75 Å². The Bertz CT molecular complexity index is 643. The van der Waals surface area contributed by atoms with Gasteiger partial charge in [-0.1, -0.05) is 23.2 Å². The Morgan fingerprint density at radius 2 is 1.75 bits per heavy atom. The number of nitrogens with two attached hydrogens (primary N) is 1. The molecule has 3 N–H and O–H groups in total. The van der Waals surface area contributed by atoms with E-state index in [4.69, 9.17) is 28.9 Å². The lowest BCUT2D eigenvalue weighted by atomic mass is 10.0. The van der Waals surface area contributed by atoms with Crippen LogP contribution in [0, 0.1) is 0 Å². The molecule has 3 rings (SSSR count). The van der Waals surface area contributed by atoms with Crippen molar-refractivity contribution in [3.63, 3.8) is 0 Å². The molecule has 2 aromatic rings. The fourth-order valence-electron chi connectivity index (χ4n) is 2.73. The highest BCUT2D eigenvalue weighted by Crippen LogP contribution is 2.43. The predicted octanol–water partition coefficient (Wildman–Crippen LogP) is 3.72. The molecule has 20 heavy (non-hydrogen) atoms. The molecular weight excluding hydrogens is 295 g/mol. The van der Waals surface area contributed by atoms with Gasteiger partial charge in [0, 0.05) is 34.4 Å². The van der Waals surface area contributed by atoms with E-state index < -0.39 is 0 Å². The molecule has 0 amide bonds. The Balaban J connectivity index is 2.06. The fraction of sp³-hybridized carbons (Fsp3) is 0.200. The first-order valence-electron chi connectivity index (χ1n) is 6.34. The van der Waals surface area contributed by atoms with E-state index in [-0.39, 0.29) is 11.8 Å². The van der Waals surface area contributed by atoms with E-state index in [1.807, 2.05) is 24.3 Å². The number of aromatic hydroxyl groups is 1. The Morgan fingerprint density at radius 3 is 2.40 bits per heavy atom. The fourth-order valence-corrected chi connectivity index (χ4v) is 3.25. The van der Waals surface area contributed by atoms with E-state index in [1.165, 1.54) is 0 Å². The summed E-state index contributed by atoms with van der Waals surface area (Å²) in [5.41, 5.74) is 8.96. The van der Waals surface area contributed by atoms with E-state index in [0.717, 1.165) is 16.8 Å². The topological polar surface area (TPSA) is 49.5 Å². The van der Waals surface area contributed by atoms with E-state index in [0.29, 0.717) is 23.1 Å². The summed E-state index contributed by atoms with van der Waals surface area (Å²) in [6.45, 7) is 1.12. The molecule has 2 aromatic carbocycles. The van der Waals surface area contributed by atoms with Crippen LogP contribution >= 0.6 is 23.2 Å². The van der Waals surface area contributed by atoms with Gasteiger partial charge in [0.05, 0.1) is 6.04 Å². The van der Waals surface area contributed by atoms with Gasteiger partial charge in [-0.2, -0.15) is 0 Å². The van der Waals surface area contributed by atoms with Gasteiger partial charge in [0.2, 0.25) is 0 Å².